The van der Waals surface area contributed by atoms with Gasteiger partial charge in [-0.05, 0) is 29.8 Å². The van der Waals surface area contributed by atoms with Gasteiger partial charge in [0.2, 0.25) is 5.15 Å². The van der Waals surface area contributed by atoms with Crippen molar-refractivity contribution in [3.05, 3.63) is 65.3 Å². The highest BCUT2D eigenvalue weighted by atomic mass is 35.5. The molecule has 0 amide bonds. The average molecular weight is 319 g/mol. The van der Waals surface area contributed by atoms with Crippen molar-refractivity contribution in [1.82, 2.24) is 8.75 Å². The van der Waals surface area contributed by atoms with Crippen LogP contribution in [0.5, 0.6) is 17.4 Å². The predicted molar refractivity (Wildman–Crippen MR) is 82.2 cm³/mol. The molecule has 1 aromatic heterocycles. The second-order valence-electron chi connectivity index (χ2n) is 4.21. The fourth-order valence-corrected chi connectivity index (χ4v) is 2.30. The molecule has 0 saturated heterocycles. The molecule has 0 radical (unpaired) electrons. The molecule has 2 aromatic carbocycles. The number of aromatic nitrogens is 2. The van der Waals surface area contributed by atoms with Crippen LogP contribution in [0.4, 0.5) is 0 Å². The molecule has 0 bridgehead atoms. The van der Waals surface area contributed by atoms with E-state index in [9.17, 15) is 0 Å². The van der Waals surface area contributed by atoms with Crippen LogP contribution in [0.1, 0.15) is 5.56 Å². The SMILES string of the molecule is Clc1nsnc1Oc1ccc(OCc2ccccc2)cc1. The summed E-state index contributed by atoms with van der Waals surface area (Å²) in [6, 6.07) is 17.3. The van der Waals surface area contributed by atoms with Crippen LogP contribution in [0.15, 0.2) is 54.6 Å². The van der Waals surface area contributed by atoms with Crippen molar-refractivity contribution in [2.24, 2.45) is 0 Å². The zero-order chi connectivity index (χ0) is 14.5. The maximum Gasteiger partial charge on any atom is 0.270 e. The van der Waals surface area contributed by atoms with Crippen molar-refractivity contribution in [1.29, 1.82) is 0 Å². The van der Waals surface area contributed by atoms with Crippen LogP contribution in [-0.4, -0.2) is 8.75 Å². The Kier molecular flexibility index (Phi) is 4.33. The molecule has 0 unspecified atom stereocenters. The normalized spacial score (nSPS) is 10.3. The Morgan fingerprint density at radius 2 is 1.62 bits per heavy atom. The van der Waals surface area contributed by atoms with E-state index in [4.69, 9.17) is 21.1 Å². The number of ether oxygens (including phenoxy) is 2. The van der Waals surface area contributed by atoms with E-state index in [0.717, 1.165) is 23.0 Å². The molecule has 0 aliphatic rings. The minimum atomic E-state index is 0.268. The van der Waals surface area contributed by atoms with Gasteiger partial charge in [-0.2, -0.15) is 4.37 Å². The van der Waals surface area contributed by atoms with Gasteiger partial charge in [-0.25, -0.2) is 0 Å². The first-order valence-corrected chi connectivity index (χ1v) is 7.35. The zero-order valence-electron chi connectivity index (χ0n) is 10.9. The molecule has 0 aliphatic heterocycles. The van der Waals surface area contributed by atoms with E-state index in [1.807, 2.05) is 42.5 Å². The summed E-state index contributed by atoms with van der Waals surface area (Å²) in [5, 5.41) is 0.268. The third-order valence-electron chi connectivity index (χ3n) is 2.71. The molecule has 4 nitrogen and oxygen atoms in total. The Morgan fingerprint density at radius 3 is 2.29 bits per heavy atom. The molecular formula is C15H11ClN2O2S. The van der Waals surface area contributed by atoms with Gasteiger partial charge in [0.15, 0.2) is 0 Å². The summed E-state index contributed by atoms with van der Waals surface area (Å²) < 4.78 is 19.0. The summed E-state index contributed by atoms with van der Waals surface area (Å²) in [6.45, 7) is 0.531. The highest BCUT2D eigenvalue weighted by Gasteiger charge is 2.07. The smallest absolute Gasteiger partial charge is 0.270 e. The van der Waals surface area contributed by atoms with Gasteiger partial charge in [0.25, 0.3) is 5.88 Å². The summed E-state index contributed by atoms with van der Waals surface area (Å²) in [5.74, 6) is 1.73. The maximum atomic E-state index is 5.83. The first-order valence-electron chi connectivity index (χ1n) is 6.24. The van der Waals surface area contributed by atoms with Gasteiger partial charge < -0.3 is 9.47 Å². The van der Waals surface area contributed by atoms with Crippen LogP contribution in [0.2, 0.25) is 5.15 Å². The van der Waals surface area contributed by atoms with E-state index in [0.29, 0.717) is 18.2 Å². The van der Waals surface area contributed by atoms with E-state index >= 15 is 0 Å². The maximum absolute atomic E-state index is 5.83. The third kappa shape index (κ3) is 3.71. The predicted octanol–water partition coefficient (Wildman–Crippen LogP) is 4.56. The summed E-state index contributed by atoms with van der Waals surface area (Å²) in [4.78, 5) is 0. The van der Waals surface area contributed by atoms with Gasteiger partial charge in [0.05, 0.1) is 11.7 Å². The van der Waals surface area contributed by atoms with Crippen LogP contribution >= 0.6 is 23.3 Å². The molecule has 21 heavy (non-hydrogen) atoms. The van der Waals surface area contributed by atoms with E-state index in [-0.39, 0.29) is 5.15 Å². The molecule has 6 heteroatoms. The highest BCUT2D eigenvalue weighted by Crippen LogP contribution is 2.28. The van der Waals surface area contributed by atoms with Gasteiger partial charge in [-0.1, -0.05) is 41.9 Å². The van der Waals surface area contributed by atoms with Crippen LogP contribution in [0.25, 0.3) is 0 Å². The van der Waals surface area contributed by atoms with Crippen molar-refractivity contribution in [2.45, 2.75) is 6.61 Å². The lowest BCUT2D eigenvalue weighted by Crippen LogP contribution is -1.94. The molecule has 0 fully saturated rings. The number of benzene rings is 2. The second kappa shape index (κ2) is 6.56. The van der Waals surface area contributed by atoms with Gasteiger partial charge >= 0.3 is 0 Å². The van der Waals surface area contributed by atoms with Crippen molar-refractivity contribution in [3.63, 3.8) is 0 Å². The zero-order valence-corrected chi connectivity index (χ0v) is 12.5. The van der Waals surface area contributed by atoms with Gasteiger partial charge in [0, 0.05) is 0 Å². The number of hydrogen-bond donors (Lipinski definition) is 0. The van der Waals surface area contributed by atoms with E-state index in [1.165, 1.54) is 0 Å². The monoisotopic (exact) mass is 318 g/mol. The van der Waals surface area contributed by atoms with Crippen LogP contribution in [0, 0.1) is 0 Å². The van der Waals surface area contributed by atoms with Crippen molar-refractivity contribution < 1.29 is 9.47 Å². The number of hydrogen-bond acceptors (Lipinski definition) is 5. The van der Waals surface area contributed by atoms with E-state index in [2.05, 4.69) is 8.75 Å². The quantitative estimate of drug-likeness (QED) is 0.691. The van der Waals surface area contributed by atoms with Crippen molar-refractivity contribution in [3.8, 4) is 17.4 Å². The average Bonchev–Trinajstić information content (AvgIpc) is 2.93. The number of halogens is 1. The second-order valence-corrected chi connectivity index (χ2v) is 5.09. The molecular weight excluding hydrogens is 308 g/mol. The minimum absolute atomic E-state index is 0.268. The van der Waals surface area contributed by atoms with Crippen LogP contribution < -0.4 is 9.47 Å². The Hall–Kier alpha value is -2.11. The lowest BCUT2D eigenvalue weighted by molar-refractivity contribution is 0.305. The summed E-state index contributed by atoms with van der Waals surface area (Å²) in [7, 11) is 0. The van der Waals surface area contributed by atoms with Crippen molar-refractivity contribution in [2.75, 3.05) is 0 Å². The third-order valence-corrected chi connectivity index (χ3v) is 3.57. The Morgan fingerprint density at radius 1 is 0.905 bits per heavy atom. The lowest BCUT2D eigenvalue weighted by atomic mass is 10.2. The molecule has 0 N–H and O–H groups in total. The minimum Gasteiger partial charge on any atom is -0.489 e. The first-order chi connectivity index (χ1) is 10.3. The molecule has 0 aliphatic carbocycles. The Labute approximate surface area is 131 Å². The lowest BCUT2D eigenvalue weighted by Gasteiger charge is -2.07. The summed E-state index contributed by atoms with van der Waals surface area (Å²) in [5.41, 5.74) is 1.12. The van der Waals surface area contributed by atoms with Crippen LogP contribution in [-0.2, 0) is 6.61 Å². The molecule has 3 rings (SSSR count). The fourth-order valence-electron chi connectivity index (χ4n) is 1.69. The Bertz CT molecular complexity index is 701. The van der Waals surface area contributed by atoms with Gasteiger partial charge in [-0.15, -0.1) is 4.37 Å². The van der Waals surface area contributed by atoms with E-state index in [1.54, 1.807) is 12.1 Å². The van der Waals surface area contributed by atoms with Gasteiger partial charge in [0.1, 0.15) is 18.1 Å². The molecule has 0 saturated carbocycles. The van der Waals surface area contributed by atoms with E-state index < -0.39 is 0 Å². The molecule has 106 valence electrons. The number of nitrogens with zero attached hydrogens (tertiary/aromatic N) is 2. The highest BCUT2D eigenvalue weighted by molar-refractivity contribution is 6.99. The summed E-state index contributed by atoms with van der Waals surface area (Å²) in [6.07, 6.45) is 0. The molecule has 0 spiro atoms. The molecule has 3 aromatic rings. The molecule has 1 heterocycles. The Balaban J connectivity index is 1.60. The van der Waals surface area contributed by atoms with Gasteiger partial charge in [-0.3, -0.25) is 0 Å². The standard InChI is InChI=1S/C15H11ClN2O2S/c16-14-15(18-21-17-14)20-13-8-6-12(7-9-13)19-10-11-4-2-1-3-5-11/h1-9H,10H2. The van der Waals surface area contributed by atoms with Crippen molar-refractivity contribution >= 4 is 23.3 Å². The topological polar surface area (TPSA) is 44.2 Å². The molecule has 0 atom stereocenters. The largest absolute Gasteiger partial charge is 0.489 e. The first kappa shape index (κ1) is 13.9. The van der Waals surface area contributed by atoms with Crippen LogP contribution in [0.3, 0.4) is 0 Å². The number of rotatable bonds is 5. The fraction of sp³-hybridized carbons (Fsp3) is 0.0667. The summed E-state index contributed by atoms with van der Waals surface area (Å²) >= 11 is 6.84.